The molecule has 4 rings (SSSR count). The Morgan fingerprint density at radius 2 is 1.81 bits per heavy atom. The van der Waals surface area contributed by atoms with Crippen LogP contribution in [0.15, 0.2) is 38.6 Å². The number of halogens is 1. The van der Waals surface area contributed by atoms with Gasteiger partial charge in [0, 0.05) is 19.8 Å². The van der Waals surface area contributed by atoms with E-state index in [-0.39, 0.29) is 18.0 Å². The summed E-state index contributed by atoms with van der Waals surface area (Å²) in [6, 6.07) is 7.84. The van der Waals surface area contributed by atoms with Gasteiger partial charge in [-0.2, -0.15) is 15.0 Å². The summed E-state index contributed by atoms with van der Waals surface area (Å²) in [4.78, 5) is 42.0. The van der Waals surface area contributed by atoms with E-state index in [0.717, 1.165) is 22.2 Å². The lowest BCUT2D eigenvalue weighted by atomic mass is 10.1. The standard InChI is InChI=1S/C19H20BrN9O2/c1-4-10-7-5-6-8-11(10)22-18-24-12(23-17(21)26-18)9-29-14-13(25-16(29)20)15(30)28(3)19(31)27(14)2/h5-8H,4,9H2,1-3H3,(H3,21,22,23,24,26). The fourth-order valence-corrected chi connectivity index (χ4v) is 3.85. The van der Waals surface area contributed by atoms with Crippen molar-refractivity contribution in [1.82, 2.24) is 33.6 Å². The zero-order valence-electron chi connectivity index (χ0n) is 17.1. The largest absolute Gasteiger partial charge is 0.368 e. The van der Waals surface area contributed by atoms with Crippen molar-refractivity contribution in [1.29, 1.82) is 0 Å². The molecule has 3 aromatic heterocycles. The SMILES string of the molecule is CCc1ccccc1Nc1nc(N)nc(Cn2c(Br)nc3c(=O)n(C)c(=O)n(C)c32)n1. The van der Waals surface area contributed by atoms with Crippen molar-refractivity contribution in [2.45, 2.75) is 19.9 Å². The molecule has 4 aromatic rings. The number of rotatable bonds is 5. The van der Waals surface area contributed by atoms with E-state index >= 15 is 0 Å². The van der Waals surface area contributed by atoms with Crippen molar-refractivity contribution in [3.63, 3.8) is 0 Å². The number of aryl methyl sites for hydroxylation is 2. The Kier molecular flexibility index (Phi) is 5.31. The second-order valence-corrected chi connectivity index (χ2v) is 7.62. The first-order valence-corrected chi connectivity index (χ1v) is 10.3. The van der Waals surface area contributed by atoms with E-state index in [9.17, 15) is 9.59 Å². The van der Waals surface area contributed by atoms with Crippen LogP contribution in [0.25, 0.3) is 11.2 Å². The third-order valence-corrected chi connectivity index (χ3v) is 5.54. The monoisotopic (exact) mass is 485 g/mol. The molecule has 0 saturated heterocycles. The van der Waals surface area contributed by atoms with E-state index < -0.39 is 11.2 Å². The van der Waals surface area contributed by atoms with E-state index in [1.54, 1.807) is 11.6 Å². The molecule has 160 valence electrons. The maximum absolute atomic E-state index is 12.5. The lowest BCUT2D eigenvalue weighted by molar-refractivity contribution is 0.674. The van der Waals surface area contributed by atoms with Gasteiger partial charge in [0.2, 0.25) is 11.9 Å². The molecule has 3 heterocycles. The van der Waals surface area contributed by atoms with Crippen LogP contribution in [-0.2, 0) is 27.1 Å². The number of anilines is 3. The number of nitrogen functional groups attached to an aromatic ring is 1. The van der Waals surface area contributed by atoms with Crippen LogP contribution in [0.3, 0.4) is 0 Å². The van der Waals surface area contributed by atoms with Gasteiger partial charge in [0.25, 0.3) is 5.56 Å². The maximum Gasteiger partial charge on any atom is 0.332 e. The smallest absolute Gasteiger partial charge is 0.332 e. The highest BCUT2D eigenvalue weighted by Gasteiger charge is 2.19. The van der Waals surface area contributed by atoms with E-state index in [0.29, 0.717) is 22.2 Å². The van der Waals surface area contributed by atoms with Gasteiger partial charge in [-0.15, -0.1) is 0 Å². The van der Waals surface area contributed by atoms with E-state index in [2.05, 4.69) is 48.1 Å². The molecule has 0 atom stereocenters. The summed E-state index contributed by atoms with van der Waals surface area (Å²) in [5.41, 5.74) is 7.47. The van der Waals surface area contributed by atoms with Crippen LogP contribution >= 0.6 is 15.9 Å². The normalized spacial score (nSPS) is 11.2. The number of nitrogens with zero attached hydrogens (tertiary/aromatic N) is 7. The van der Waals surface area contributed by atoms with Crippen LogP contribution in [-0.4, -0.2) is 33.6 Å². The Morgan fingerprint density at radius 3 is 2.55 bits per heavy atom. The highest BCUT2D eigenvalue weighted by Crippen LogP contribution is 2.21. The first-order valence-electron chi connectivity index (χ1n) is 9.47. The Morgan fingerprint density at radius 1 is 1.06 bits per heavy atom. The molecule has 0 bridgehead atoms. The number of imidazole rings is 1. The van der Waals surface area contributed by atoms with Gasteiger partial charge in [-0.05, 0) is 34.0 Å². The highest BCUT2D eigenvalue weighted by atomic mass is 79.9. The van der Waals surface area contributed by atoms with Crippen LogP contribution in [0, 0.1) is 0 Å². The quantitative estimate of drug-likeness (QED) is 0.403. The molecule has 11 nitrogen and oxygen atoms in total. The van der Waals surface area contributed by atoms with Gasteiger partial charge < -0.3 is 11.1 Å². The van der Waals surface area contributed by atoms with Crippen LogP contribution in [0.4, 0.5) is 17.6 Å². The van der Waals surface area contributed by atoms with E-state index in [1.165, 1.54) is 11.6 Å². The molecule has 3 N–H and O–H groups in total. The van der Waals surface area contributed by atoms with Crippen molar-refractivity contribution in [2.24, 2.45) is 14.1 Å². The lowest BCUT2D eigenvalue weighted by Gasteiger charge is -2.12. The minimum Gasteiger partial charge on any atom is -0.368 e. The number of aromatic nitrogens is 7. The molecule has 0 amide bonds. The predicted octanol–water partition coefficient (Wildman–Crippen LogP) is 1.32. The fourth-order valence-electron chi connectivity index (χ4n) is 3.38. The number of hydrogen-bond acceptors (Lipinski definition) is 8. The van der Waals surface area contributed by atoms with Gasteiger partial charge >= 0.3 is 5.69 Å². The van der Waals surface area contributed by atoms with Crippen LogP contribution in [0.2, 0.25) is 0 Å². The lowest BCUT2D eigenvalue weighted by Crippen LogP contribution is -2.37. The molecular formula is C19H20BrN9O2. The summed E-state index contributed by atoms with van der Waals surface area (Å²) in [6.07, 6.45) is 0.841. The minimum absolute atomic E-state index is 0.0480. The first-order chi connectivity index (χ1) is 14.8. The average Bonchev–Trinajstić information content (AvgIpc) is 3.07. The Balaban J connectivity index is 1.77. The molecule has 0 aliphatic rings. The maximum atomic E-state index is 12.5. The third kappa shape index (κ3) is 3.69. The van der Waals surface area contributed by atoms with Crippen molar-refractivity contribution in [2.75, 3.05) is 11.1 Å². The third-order valence-electron chi connectivity index (χ3n) is 4.94. The summed E-state index contributed by atoms with van der Waals surface area (Å²) >= 11 is 3.36. The summed E-state index contributed by atoms with van der Waals surface area (Å²) in [5.74, 6) is 0.692. The van der Waals surface area contributed by atoms with Crippen LogP contribution in [0.1, 0.15) is 18.3 Å². The Labute approximate surface area is 184 Å². The van der Waals surface area contributed by atoms with Crippen LogP contribution in [0.5, 0.6) is 0 Å². The number of nitrogens with one attached hydrogen (secondary N) is 1. The molecule has 0 fully saturated rings. The number of hydrogen-bond donors (Lipinski definition) is 2. The van der Waals surface area contributed by atoms with Gasteiger partial charge in [0.1, 0.15) is 0 Å². The molecule has 1 aromatic carbocycles. The molecule has 31 heavy (non-hydrogen) atoms. The molecule has 0 unspecified atom stereocenters. The number of para-hydroxylation sites is 1. The summed E-state index contributed by atoms with van der Waals surface area (Å²) < 4.78 is 4.37. The molecule has 0 radical (unpaired) electrons. The summed E-state index contributed by atoms with van der Waals surface area (Å²) in [7, 11) is 2.99. The van der Waals surface area contributed by atoms with Gasteiger partial charge in [0.05, 0.1) is 6.54 Å². The molecule has 0 spiro atoms. The Bertz CT molecular complexity index is 1420. The highest BCUT2D eigenvalue weighted by molar-refractivity contribution is 9.10. The first kappa shape index (κ1) is 20.7. The van der Waals surface area contributed by atoms with Gasteiger partial charge in [-0.3, -0.25) is 18.5 Å². The topological polar surface area (TPSA) is 139 Å². The number of benzene rings is 1. The van der Waals surface area contributed by atoms with Crippen molar-refractivity contribution >= 4 is 44.7 Å². The predicted molar refractivity (Wildman–Crippen MR) is 120 cm³/mol. The van der Waals surface area contributed by atoms with Gasteiger partial charge in [-0.25, -0.2) is 9.78 Å². The van der Waals surface area contributed by atoms with Crippen molar-refractivity contribution in [3.8, 4) is 0 Å². The van der Waals surface area contributed by atoms with Gasteiger partial charge in [0.15, 0.2) is 21.7 Å². The number of nitrogens with two attached hydrogens (primary N) is 1. The Hall–Kier alpha value is -3.54. The summed E-state index contributed by atoms with van der Waals surface area (Å²) in [6.45, 7) is 2.18. The fraction of sp³-hybridized carbons (Fsp3) is 0.263. The van der Waals surface area contributed by atoms with Crippen molar-refractivity contribution < 1.29 is 0 Å². The van der Waals surface area contributed by atoms with Crippen molar-refractivity contribution in [3.05, 3.63) is 61.2 Å². The van der Waals surface area contributed by atoms with Gasteiger partial charge in [-0.1, -0.05) is 25.1 Å². The second kappa shape index (κ2) is 7.95. The molecule has 0 aliphatic heterocycles. The average molecular weight is 486 g/mol. The minimum atomic E-state index is -0.480. The number of fused-ring (bicyclic) bond motifs is 1. The second-order valence-electron chi connectivity index (χ2n) is 6.91. The molecule has 0 aliphatic carbocycles. The molecular weight excluding hydrogens is 466 g/mol. The molecule has 12 heteroatoms. The van der Waals surface area contributed by atoms with E-state index in [4.69, 9.17) is 5.73 Å². The van der Waals surface area contributed by atoms with E-state index in [1.807, 2.05) is 24.3 Å². The summed E-state index contributed by atoms with van der Waals surface area (Å²) in [5, 5.41) is 3.19. The zero-order chi connectivity index (χ0) is 22.3. The zero-order valence-corrected chi connectivity index (χ0v) is 18.7. The van der Waals surface area contributed by atoms with Crippen LogP contribution < -0.4 is 22.3 Å². The molecule has 0 saturated carbocycles.